The first-order valence-electron chi connectivity index (χ1n) is 10.2. The molecule has 0 bridgehead atoms. The van der Waals surface area contributed by atoms with E-state index in [-0.39, 0.29) is 25.6 Å². The van der Waals surface area contributed by atoms with Crippen LogP contribution in [0.4, 0.5) is 4.79 Å². The number of urea groups is 1. The van der Waals surface area contributed by atoms with E-state index in [2.05, 4.69) is 5.32 Å². The smallest absolute Gasteiger partial charge is 0.338 e. The summed E-state index contributed by atoms with van der Waals surface area (Å²) in [7, 11) is 0. The second kappa shape index (κ2) is 8.11. The van der Waals surface area contributed by atoms with Crippen molar-refractivity contribution in [1.82, 2.24) is 15.2 Å². The van der Waals surface area contributed by atoms with Gasteiger partial charge in [0.15, 0.2) is 0 Å². The molecule has 1 aromatic heterocycles. The molecule has 4 aromatic rings. The van der Waals surface area contributed by atoms with Crippen molar-refractivity contribution in [2.45, 2.75) is 13.2 Å². The predicted molar refractivity (Wildman–Crippen MR) is 119 cm³/mol. The third-order valence-electron chi connectivity index (χ3n) is 5.53. The number of nitrogens with zero attached hydrogens (tertiary/aromatic N) is 2. The van der Waals surface area contributed by atoms with Gasteiger partial charge in [-0.3, -0.25) is 9.69 Å². The highest BCUT2D eigenvalue weighted by Crippen LogP contribution is 2.27. The quantitative estimate of drug-likeness (QED) is 0.299. The summed E-state index contributed by atoms with van der Waals surface area (Å²) in [5.41, 5.74) is 2.35. The lowest BCUT2D eigenvalue weighted by Gasteiger charge is -2.15. The average molecular weight is 425 g/mol. The molecular weight excluding hydrogens is 406 g/mol. The first kappa shape index (κ1) is 19.7. The molecule has 5 rings (SSSR count). The minimum absolute atomic E-state index is 0.00163. The molecule has 0 radical (unpaired) electrons. The zero-order valence-electron chi connectivity index (χ0n) is 17.1. The highest BCUT2D eigenvalue weighted by molar-refractivity contribution is 6.06. The van der Waals surface area contributed by atoms with Gasteiger partial charge in [0.25, 0.3) is 0 Å². The molecule has 1 saturated heterocycles. The number of imide groups is 1. The number of fused-ring (bicyclic) bond motifs is 3. The van der Waals surface area contributed by atoms with Crippen molar-refractivity contribution < 1.29 is 19.1 Å². The molecule has 3 aromatic carbocycles. The van der Waals surface area contributed by atoms with Crippen molar-refractivity contribution in [1.29, 1.82) is 0 Å². The summed E-state index contributed by atoms with van der Waals surface area (Å²) in [5.74, 6) is -0.864. The Kier molecular flexibility index (Phi) is 4.99. The Morgan fingerprint density at radius 2 is 1.59 bits per heavy atom. The molecule has 0 spiro atoms. The number of benzene rings is 3. The number of aromatic nitrogens is 1. The minimum atomic E-state index is -0.535. The van der Waals surface area contributed by atoms with Gasteiger partial charge in [-0.25, -0.2) is 14.6 Å². The summed E-state index contributed by atoms with van der Waals surface area (Å²) in [4.78, 5) is 42.5. The summed E-state index contributed by atoms with van der Waals surface area (Å²) in [5, 5.41) is 5.49. The van der Waals surface area contributed by atoms with Crippen LogP contribution in [-0.4, -0.2) is 34.3 Å². The number of pyridine rings is 1. The van der Waals surface area contributed by atoms with Crippen LogP contribution in [0.2, 0.25) is 0 Å². The van der Waals surface area contributed by atoms with Crippen LogP contribution in [0.25, 0.3) is 21.7 Å². The van der Waals surface area contributed by atoms with Crippen molar-refractivity contribution in [3.63, 3.8) is 0 Å². The fourth-order valence-electron chi connectivity index (χ4n) is 3.94. The molecule has 0 unspecified atom stereocenters. The standard InChI is InChI=1S/C25H19N3O4/c29-23-13-26-25(31)28(23)14-16-7-1-2-8-17(16)24(30)32-15-22-20-11-4-3-9-18(20)19-10-5-6-12-21(19)27-22/h1-12H,13-15H2,(H,26,31). The van der Waals surface area contributed by atoms with Crippen LogP contribution in [0, 0.1) is 0 Å². The molecule has 2 heterocycles. The summed E-state index contributed by atoms with van der Waals surface area (Å²) >= 11 is 0. The number of esters is 1. The number of carbonyl (C=O) groups is 3. The lowest BCUT2D eigenvalue weighted by atomic mass is 10.0. The number of hydrogen-bond acceptors (Lipinski definition) is 5. The Hall–Kier alpha value is -4.26. The first-order chi connectivity index (χ1) is 15.6. The molecule has 32 heavy (non-hydrogen) atoms. The maximum atomic E-state index is 12.9. The lowest BCUT2D eigenvalue weighted by Crippen LogP contribution is -2.31. The van der Waals surface area contributed by atoms with Gasteiger partial charge in [0.05, 0.1) is 29.9 Å². The monoisotopic (exact) mass is 425 g/mol. The summed E-state index contributed by atoms with van der Waals surface area (Å²) in [6.45, 7) is -0.0269. The topological polar surface area (TPSA) is 88.6 Å². The Morgan fingerprint density at radius 1 is 0.906 bits per heavy atom. The number of nitrogens with one attached hydrogen (secondary N) is 1. The molecule has 7 nitrogen and oxygen atoms in total. The van der Waals surface area contributed by atoms with Crippen LogP contribution in [-0.2, 0) is 22.7 Å². The van der Waals surface area contributed by atoms with E-state index in [0.717, 1.165) is 26.6 Å². The summed E-state index contributed by atoms with van der Waals surface area (Å²) < 4.78 is 5.62. The normalized spacial score (nSPS) is 13.6. The molecule has 3 amide bonds. The molecule has 1 N–H and O–H groups in total. The fourth-order valence-corrected chi connectivity index (χ4v) is 3.94. The zero-order chi connectivity index (χ0) is 22.1. The third-order valence-corrected chi connectivity index (χ3v) is 5.53. The van der Waals surface area contributed by atoms with Gasteiger partial charge in [0.2, 0.25) is 5.91 Å². The molecule has 1 aliphatic heterocycles. The van der Waals surface area contributed by atoms with E-state index in [9.17, 15) is 14.4 Å². The molecule has 1 fully saturated rings. The van der Waals surface area contributed by atoms with E-state index in [1.165, 1.54) is 0 Å². The van der Waals surface area contributed by atoms with Crippen molar-refractivity contribution in [2.24, 2.45) is 0 Å². The Morgan fingerprint density at radius 3 is 2.38 bits per heavy atom. The average Bonchev–Trinajstić information content (AvgIpc) is 3.15. The van der Waals surface area contributed by atoms with Gasteiger partial charge in [-0.15, -0.1) is 0 Å². The van der Waals surface area contributed by atoms with Gasteiger partial charge < -0.3 is 10.1 Å². The zero-order valence-corrected chi connectivity index (χ0v) is 17.1. The van der Waals surface area contributed by atoms with Crippen LogP contribution >= 0.6 is 0 Å². The maximum Gasteiger partial charge on any atom is 0.338 e. The number of para-hydroxylation sites is 1. The highest BCUT2D eigenvalue weighted by atomic mass is 16.5. The summed E-state index contributed by atoms with van der Waals surface area (Å²) in [6.07, 6.45) is 0. The molecule has 1 aliphatic rings. The van der Waals surface area contributed by atoms with Gasteiger partial charge >= 0.3 is 12.0 Å². The third kappa shape index (κ3) is 3.54. The van der Waals surface area contributed by atoms with Crippen molar-refractivity contribution in [3.8, 4) is 0 Å². The van der Waals surface area contributed by atoms with Crippen molar-refractivity contribution >= 4 is 39.6 Å². The van der Waals surface area contributed by atoms with E-state index in [1.54, 1.807) is 24.3 Å². The molecule has 0 saturated carbocycles. The van der Waals surface area contributed by atoms with Gasteiger partial charge in [-0.05, 0) is 23.1 Å². The molecule has 0 aliphatic carbocycles. The highest BCUT2D eigenvalue weighted by Gasteiger charge is 2.29. The van der Waals surface area contributed by atoms with E-state index >= 15 is 0 Å². The van der Waals surface area contributed by atoms with Gasteiger partial charge in [0.1, 0.15) is 6.61 Å². The van der Waals surface area contributed by atoms with Crippen LogP contribution < -0.4 is 5.32 Å². The maximum absolute atomic E-state index is 12.9. The first-order valence-corrected chi connectivity index (χ1v) is 10.2. The predicted octanol–water partition coefficient (Wildman–Crippen LogP) is 3.80. The number of hydrogen-bond donors (Lipinski definition) is 1. The Bertz CT molecular complexity index is 1370. The second-order valence-corrected chi connectivity index (χ2v) is 7.49. The van der Waals surface area contributed by atoms with E-state index < -0.39 is 12.0 Å². The van der Waals surface area contributed by atoms with Crippen LogP contribution in [0.15, 0.2) is 72.8 Å². The summed E-state index contributed by atoms with van der Waals surface area (Å²) in [6, 6.07) is 22.1. The minimum Gasteiger partial charge on any atom is -0.456 e. The molecular formula is C25H19N3O4. The van der Waals surface area contributed by atoms with E-state index in [0.29, 0.717) is 16.8 Å². The van der Waals surface area contributed by atoms with E-state index in [4.69, 9.17) is 9.72 Å². The lowest BCUT2D eigenvalue weighted by molar-refractivity contribution is -0.125. The SMILES string of the molecule is O=C(OCc1nc2ccccc2c2ccccc12)c1ccccc1CN1C(=O)CNC1=O. The number of carbonyl (C=O) groups excluding carboxylic acids is 3. The number of ether oxygens (including phenoxy) is 1. The Balaban J connectivity index is 1.42. The van der Waals surface area contributed by atoms with Gasteiger partial charge in [-0.2, -0.15) is 0 Å². The van der Waals surface area contributed by atoms with E-state index in [1.807, 2.05) is 48.5 Å². The number of rotatable bonds is 5. The van der Waals surface area contributed by atoms with Crippen LogP contribution in [0.3, 0.4) is 0 Å². The fraction of sp³-hybridized carbons (Fsp3) is 0.120. The number of amides is 3. The van der Waals surface area contributed by atoms with Gasteiger partial charge in [-0.1, -0.05) is 60.7 Å². The van der Waals surface area contributed by atoms with Gasteiger partial charge in [0, 0.05) is 10.8 Å². The second-order valence-electron chi connectivity index (χ2n) is 7.49. The van der Waals surface area contributed by atoms with Crippen LogP contribution in [0.5, 0.6) is 0 Å². The molecule has 7 heteroatoms. The largest absolute Gasteiger partial charge is 0.456 e. The molecule has 158 valence electrons. The molecule has 0 atom stereocenters. The Labute approximate surface area is 183 Å². The van der Waals surface area contributed by atoms with Crippen molar-refractivity contribution in [2.75, 3.05) is 6.54 Å². The van der Waals surface area contributed by atoms with Crippen LogP contribution in [0.1, 0.15) is 21.6 Å². The van der Waals surface area contributed by atoms with Crippen molar-refractivity contribution in [3.05, 3.63) is 89.6 Å².